The minimum Gasteiger partial charge on any atom is -0.356 e. The van der Waals surface area contributed by atoms with Crippen LogP contribution in [-0.4, -0.2) is 110 Å². The van der Waals surface area contributed by atoms with Gasteiger partial charge in [-0.25, -0.2) is 0 Å². The van der Waals surface area contributed by atoms with Gasteiger partial charge in [0.25, 0.3) is 0 Å². The van der Waals surface area contributed by atoms with E-state index in [-0.39, 0.29) is 41.8 Å². The molecule has 0 spiro atoms. The highest BCUT2D eigenvalue weighted by atomic mass is 127. The Balaban J connectivity index is 0.00000364. The van der Waals surface area contributed by atoms with Crippen LogP contribution in [0.1, 0.15) is 26.2 Å². The van der Waals surface area contributed by atoms with E-state index in [0.717, 1.165) is 58.1 Å². The van der Waals surface area contributed by atoms with Gasteiger partial charge in [-0.3, -0.25) is 19.5 Å². The number of likely N-dealkylation sites (tertiary alicyclic amines) is 1. The Hall–Kier alpha value is -1.10. The molecule has 0 bridgehead atoms. The largest absolute Gasteiger partial charge is 0.356 e. The highest BCUT2D eigenvalue weighted by molar-refractivity contribution is 14.0. The lowest BCUT2D eigenvalue weighted by Crippen LogP contribution is -2.57. The van der Waals surface area contributed by atoms with Crippen LogP contribution in [0.25, 0.3) is 0 Å². The summed E-state index contributed by atoms with van der Waals surface area (Å²) in [4.78, 5) is 36.6. The molecule has 9 heteroatoms. The second-order valence-corrected chi connectivity index (χ2v) is 7.24. The summed E-state index contributed by atoms with van der Waals surface area (Å²) in [6, 6.07) is -0.0528. The quantitative estimate of drug-likeness (QED) is 0.338. The predicted molar refractivity (Wildman–Crippen MR) is 119 cm³/mol. The first-order chi connectivity index (χ1) is 12.4. The number of guanidine groups is 1. The Morgan fingerprint density at radius 1 is 1.04 bits per heavy atom. The third-order valence-electron chi connectivity index (χ3n) is 5.27. The second kappa shape index (κ2) is 11.7. The van der Waals surface area contributed by atoms with Crippen molar-refractivity contribution in [2.75, 3.05) is 67.0 Å². The fourth-order valence-corrected chi connectivity index (χ4v) is 3.52. The number of aliphatic imine (C=N–C) groups is 1. The van der Waals surface area contributed by atoms with Crippen LogP contribution < -0.4 is 5.32 Å². The molecule has 1 unspecified atom stereocenters. The number of nitrogens with zero attached hydrogens (tertiary/aromatic N) is 5. The standard InChI is InChI=1S/C18H34N6O2.HI/c1-15(17(26)23-9-5-6-10-23)22-11-13-24(14-12-22)18(19-2)20-8-7-16(25)21(3)4;/h15H,5-14H2,1-4H3,(H,19,20);1H. The zero-order valence-electron chi connectivity index (χ0n) is 17.1. The summed E-state index contributed by atoms with van der Waals surface area (Å²) in [6.45, 7) is 7.77. The molecule has 2 amide bonds. The van der Waals surface area contributed by atoms with E-state index in [1.54, 1.807) is 26.0 Å². The average molecular weight is 494 g/mol. The van der Waals surface area contributed by atoms with Crippen molar-refractivity contribution in [1.82, 2.24) is 24.9 Å². The van der Waals surface area contributed by atoms with Crippen LogP contribution in [0.2, 0.25) is 0 Å². The maximum atomic E-state index is 12.6. The molecule has 156 valence electrons. The van der Waals surface area contributed by atoms with Crippen LogP contribution in [0.4, 0.5) is 0 Å². The fraction of sp³-hybridized carbons (Fsp3) is 0.833. The van der Waals surface area contributed by atoms with Crippen LogP contribution in [0, 0.1) is 0 Å². The number of carbonyl (C=O) groups is 2. The molecular formula is C18H35IN6O2. The molecule has 2 aliphatic rings. The van der Waals surface area contributed by atoms with E-state index in [0.29, 0.717) is 13.0 Å². The minimum atomic E-state index is -0.0528. The van der Waals surface area contributed by atoms with Crippen molar-refractivity contribution >= 4 is 41.8 Å². The molecule has 0 radical (unpaired) electrons. The normalized spacial score (nSPS) is 19.5. The Morgan fingerprint density at radius 3 is 2.15 bits per heavy atom. The Bertz CT molecular complexity index is 514. The van der Waals surface area contributed by atoms with E-state index < -0.39 is 0 Å². The second-order valence-electron chi connectivity index (χ2n) is 7.24. The Morgan fingerprint density at radius 2 is 1.63 bits per heavy atom. The van der Waals surface area contributed by atoms with E-state index in [4.69, 9.17) is 0 Å². The van der Waals surface area contributed by atoms with Gasteiger partial charge in [0.15, 0.2) is 5.96 Å². The molecule has 27 heavy (non-hydrogen) atoms. The van der Waals surface area contributed by atoms with Crippen molar-refractivity contribution in [2.24, 2.45) is 4.99 Å². The molecule has 2 fully saturated rings. The smallest absolute Gasteiger partial charge is 0.239 e. The minimum absolute atomic E-state index is 0. The van der Waals surface area contributed by atoms with Gasteiger partial charge in [-0.1, -0.05) is 0 Å². The molecule has 0 saturated carbocycles. The first kappa shape index (κ1) is 23.9. The summed E-state index contributed by atoms with van der Waals surface area (Å²) in [7, 11) is 5.30. The first-order valence-electron chi connectivity index (χ1n) is 9.62. The van der Waals surface area contributed by atoms with Crippen molar-refractivity contribution in [3.05, 3.63) is 0 Å². The van der Waals surface area contributed by atoms with Gasteiger partial charge in [-0.15, -0.1) is 24.0 Å². The number of rotatable bonds is 5. The summed E-state index contributed by atoms with van der Waals surface area (Å²) < 4.78 is 0. The maximum absolute atomic E-state index is 12.6. The molecule has 8 nitrogen and oxygen atoms in total. The molecular weight excluding hydrogens is 459 g/mol. The fourth-order valence-electron chi connectivity index (χ4n) is 3.52. The lowest BCUT2D eigenvalue weighted by molar-refractivity contribution is -0.135. The number of halogens is 1. The maximum Gasteiger partial charge on any atom is 0.239 e. The van der Waals surface area contributed by atoms with E-state index >= 15 is 0 Å². The summed E-state index contributed by atoms with van der Waals surface area (Å²) in [5, 5.41) is 3.27. The molecule has 1 atom stereocenters. The van der Waals surface area contributed by atoms with Gasteiger partial charge in [0.2, 0.25) is 11.8 Å². The van der Waals surface area contributed by atoms with Crippen LogP contribution in [-0.2, 0) is 9.59 Å². The molecule has 1 N–H and O–H groups in total. The zero-order chi connectivity index (χ0) is 19.1. The monoisotopic (exact) mass is 494 g/mol. The van der Waals surface area contributed by atoms with Crippen LogP contribution in [0.15, 0.2) is 4.99 Å². The third kappa shape index (κ3) is 6.78. The number of amides is 2. The number of piperazine rings is 1. The Labute approximate surface area is 180 Å². The van der Waals surface area contributed by atoms with Crippen molar-refractivity contribution < 1.29 is 9.59 Å². The lowest BCUT2D eigenvalue weighted by atomic mass is 10.2. The number of carbonyl (C=O) groups excluding carboxylic acids is 2. The summed E-state index contributed by atoms with van der Waals surface area (Å²) in [5.41, 5.74) is 0. The molecule has 0 aromatic carbocycles. The third-order valence-corrected chi connectivity index (χ3v) is 5.27. The van der Waals surface area contributed by atoms with E-state index in [9.17, 15) is 9.59 Å². The topological polar surface area (TPSA) is 71.5 Å². The van der Waals surface area contributed by atoms with E-state index in [2.05, 4.69) is 20.1 Å². The van der Waals surface area contributed by atoms with Gasteiger partial charge in [0, 0.05) is 73.4 Å². The molecule has 2 aliphatic heterocycles. The molecule has 0 aromatic heterocycles. The van der Waals surface area contributed by atoms with Crippen LogP contribution in [0.3, 0.4) is 0 Å². The van der Waals surface area contributed by atoms with Gasteiger partial charge in [0.1, 0.15) is 0 Å². The van der Waals surface area contributed by atoms with Gasteiger partial charge >= 0.3 is 0 Å². The number of hydrogen-bond acceptors (Lipinski definition) is 4. The van der Waals surface area contributed by atoms with Crippen molar-refractivity contribution in [1.29, 1.82) is 0 Å². The predicted octanol–water partition coefficient (Wildman–Crippen LogP) is 0.287. The molecule has 2 saturated heterocycles. The Kier molecular flexibility index (Phi) is 10.4. The van der Waals surface area contributed by atoms with Gasteiger partial charge in [-0.2, -0.15) is 0 Å². The molecule has 0 aromatic rings. The lowest BCUT2D eigenvalue weighted by Gasteiger charge is -2.39. The van der Waals surface area contributed by atoms with Crippen molar-refractivity contribution in [2.45, 2.75) is 32.2 Å². The van der Waals surface area contributed by atoms with Crippen molar-refractivity contribution in [3.8, 4) is 0 Å². The zero-order valence-corrected chi connectivity index (χ0v) is 19.4. The molecule has 0 aliphatic carbocycles. The summed E-state index contributed by atoms with van der Waals surface area (Å²) >= 11 is 0. The average Bonchev–Trinajstić information content (AvgIpc) is 3.18. The van der Waals surface area contributed by atoms with E-state index in [1.165, 1.54) is 0 Å². The van der Waals surface area contributed by atoms with Gasteiger partial charge in [-0.05, 0) is 19.8 Å². The van der Waals surface area contributed by atoms with E-state index in [1.807, 2.05) is 11.8 Å². The first-order valence-corrected chi connectivity index (χ1v) is 9.62. The molecule has 2 rings (SSSR count). The van der Waals surface area contributed by atoms with Gasteiger partial charge in [0.05, 0.1) is 6.04 Å². The number of hydrogen-bond donors (Lipinski definition) is 1. The SMILES string of the molecule is CN=C(NCCC(=O)N(C)C)N1CCN(C(C)C(=O)N2CCCC2)CC1.I. The summed E-state index contributed by atoms with van der Waals surface area (Å²) in [6.07, 6.45) is 2.71. The molecule has 2 heterocycles. The van der Waals surface area contributed by atoms with Crippen LogP contribution >= 0.6 is 24.0 Å². The highest BCUT2D eigenvalue weighted by Gasteiger charge is 2.30. The van der Waals surface area contributed by atoms with Crippen molar-refractivity contribution in [3.63, 3.8) is 0 Å². The summed E-state index contributed by atoms with van der Waals surface area (Å²) in [5.74, 6) is 1.20. The van der Waals surface area contributed by atoms with Crippen LogP contribution in [0.5, 0.6) is 0 Å². The highest BCUT2D eigenvalue weighted by Crippen LogP contribution is 2.14. The number of nitrogens with one attached hydrogen (secondary N) is 1. The van der Waals surface area contributed by atoms with Gasteiger partial charge < -0.3 is 20.0 Å².